The molecule has 0 aliphatic rings. The number of rotatable bonds is 6. The molecule has 0 fully saturated rings. The highest BCUT2D eigenvalue weighted by atomic mass is 31.1. The van der Waals surface area contributed by atoms with Gasteiger partial charge in [0.1, 0.15) is 11.5 Å². The summed E-state index contributed by atoms with van der Waals surface area (Å²) in [6.07, 6.45) is 0. The van der Waals surface area contributed by atoms with Crippen LogP contribution in [0.5, 0.6) is 11.5 Å². The van der Waals surface area contributed by atoms with Crippen molar-refractivity contribution in [1.29, 1.82) is 0 Å². The molecule has 0 heterocycles. The number of hydrogen-bond acceptors (Lipinski definition) is 5. The predicted octanol–water partition coefficient (Wildman–Crippen LogP) is 4.01. The van der Waals surface area contributed by atoms with E-state index in [0.717, 1.165) is 11.5 Å². The molecule has 0 aliphatic heterocycles. The average Bonchev–Trinajstić information content (AvgIpc) is 2.76. The molecule has 0 atom stereocenters. The van der Waals surface area contributed by atoms with Crippen LogP contribution in [0.15, 0.2) is 91.0 Å². The maximum Gasteiger partial charge on any atom is 0.335 e. The monoisotopic (exact) mass is 402 g/mol. The zero-order valence-electron chi connectivity index (χ0n) is 15.1. The van der Waals surface area contributed by atoms with E-state index in [-0.39, 0.29) is 22.2 Å². The fraction of sp³-hybridized carbons (Fsp3) is 0.0952. The van der Waals surface area contributed by atoms with E-state index in [0.29, 0.717) is 5.56 Å². The molecule has 0 saturated heterocycles. The average molecular weight is 402 g/mol. The number of carboxylic acids is 1. The molecular formula is C21H23O6P. The quantitative estimate of drug-likeness (QED) is 0.539. The van der Waals surface area contributed by atoms with E-state index in [2.05, 4.69) is 0 Å². The van der Waals surface area contributed by atoms with Crippen LogP contribution in [0.25, 0.3) is 0 Å². The zero-order valence-corrected chi connectivity index (χ0v) is 16.1. The van der Waals surface area contributed by atoms with E-state index < -0.39 is 5.97 Å². The van der Waals surface area contributed by atoms with Crippen molar-refractivity contribution in [2.24, 2.45) is 0 Å². The fourth-order valence-electron chi connectivity index (χ4n) is 1.67. The van der Waals surface area contributed by atoms with Gasteiger partial charge in [0.25, 0.3) is 9.03 Å². The van der Waals surface area contributed by atoms with E-state index in [9.17, 15) is 4.79 Å². The van der Waals surface area contributed by atoms with Gasteiger partial charge in [0.05, 0.1) is 18.8 Å². The molecule has 0 aliphatic carbocycles. The lowest BCUT2D eigenvalue weighted by Gasteiger charge is -2.06. The van der Waals surface area contributed by atoms with Crippen molar-refractivity contribution in [2.45, 2.75) is 0 Å². The highest BCUT2D eigenvalue weighted by Gasteiger charge is 1.96. The first-order valence-electron chi connectivity index (χ1n) is 8.36. The number of aromatic carboxylic acids is 1. The second-order valence-electron chi connectivity index (χ2n) is 5.03. The van der Waals surface area contributed by atoms with E-state index in [1.165, 1.54) is 0 Å². The van der Waals surface area contributed by atoms with E-state index in [1.54, 1.807) is 30.3 Å². The predicted molar refractivity (Wildman–Crippen MR) is 110 cm³/mol. The SMILES string of the molecule is O=C(O)c1ccccc1.OCCO.c1ccc(OPOc2ccccc2)cc1. The van der Waals surface area contributed by atoms with Gasteiger partial charge in [0.2, 0.25) is 0 Å². The summed E-state index contributed by atoms with van der Waals surface area (Å²) in [5.41, 5.74) is 0.331. The lowest BCUT2D eigenvalue weighted by Crippen LogP contribution is -1.93. The molecule has 28 heavy (non-hydrogen) atoms. The molecule has 6 nitrogen and oxygen atoms in total. The first-order chi connectivity index (χ1) is 13.7. The van der Waals surface area contributed by atoms with Crippen LogP contribution in [0.1, 0.15) is 10.4 Å². The summed E-state index contributed by atoms with van der Waals surface area (Å²) in [7, 11) is -0.0129. The summed E-state index contributed by atoms with van der Waals surface area (Å²) >= 11 is 0. The van der Waals surface area contributed by atoms with Crippen LogP contribution in [0.2, 0.25) is 0 Å². The van der Waals surface area contributed by atoms with Crippen LogP contribution in [-0.2, 0) is 0 Å². The number of para-hydroxylation sites is 2. The molecule has 3 N–H and O–H groups in total. The van der Waals surface area contributed by atoms with Gasteiger partial charge in [-0.25, -0.2) is 4.79 Å². The Morgan fingerprint density at radius 2 is 1.04 bits per heavy atom. The first kappa shape index (κ1) is 23.1. The van der Waals surface area contributed by atoms with E-state index in [4.69, 9.17) is 24.4 Å². The van der Waals surface area contributed by atoms with Crippen molar-refractivity contribution < 1.29 is 29.2 Å². The highest BCUT2D eigenvalue weighted by Crippen LogP contribution is 2.23. The molecule has 0 radical (unpaired) electrons. The molecule has 3 aromatic carbocycles. The molecule has 148 valence electrons. The molecule has 0 unspecified atom stereocenters. The molecule has 0 amide bonds. The van der Waals surface area contributed by atoms with Gasteiger partial charge in [-0.15, -0.1) is 0 Å². The number of hydrogen-bond donors (Lipinski definition) is 3. The summed E-state index contributed by atoms with van der Waals surface area (Å²) in [6.45, 7) is -0.250. The van der Waals surface area contributed by atoms with Gasteiger partial charge < -0.3 is 24.4 Å². The number of aliphatic hydroxyl groups excluding tert-OH is 2. The lowest BCUT2D eigenvalue weighted by molar-refractivity contribution is 0.0697. The minimum Gasteiger partial charge on any atom is -0.478 e. The third kappa shape index (κ3) is 10.9. The Morgan fingerprint density at radius 3 is 1.32 bits per heavy atom. The number of aliphatic hydroxyl groups is 2. The van der Waals surface area contributed by atoms with Gasteiger partial charge in [-0.05, 0) is 36.4 Å². The molecule has 3 aromatic rings. The van der Waals surface area contributed by atoms with Crippen molar-refractivity contribution in [3.05, 3.63) is 96.6 Å². The van der Waals surface area contributed by atoms with E-state index in [1.807, 2.05) is 60.7 Å². The van der Waals surface area contributed by atoms with Gasteiger partial charge in [-0.2, -0.15) is 0 Å². The molecule has 7 heteroatoms. The summed E-state index contributed by atoms with van der Waals surface area (Å²) in [6, 6.07) is 27.5. The molecular weight excluding hydrogens is 379 g/mol. The smallest absolute Gasteiger partial charge is 0.335 e. The molecule has 0 spiro atoms. The lowest BCUT2D eigenvalue weighted by atomic mass is 10.2. The molecule has 0 aromatic heterocycles. The van der Waals surface area contributed by atoms with Crippen molar-refractivity contribution in [3.8, 4) is 11.5 Å². The minimum atomic E-state index is -0.879. The van der Waals surface area contributed by atoms with Crippen LogP contribution in [0, 0.1) is 0 Å². The maximum atomic E-state index is 10.2. The second-order valence-corrected chi connectivity index (χ2v) is 5.61. The Labute approximate surface area is 166 Å². The van der Waals surface area contributed by atoms with Crippen LogP contribution in [0.4, 0.5) is 0 Å². The molecule has 0 bridgehead atoms. The third-order valence-corrected chi connectivity index (χ3v) is 3.56. The van der Waals surface area contributed by atoms with Crippen LogP contribution < -0.4 is 9.05 Å². The van der Waals surface area contributed by atoms with Gasteiger partial charge in [0, 0.05) is 0 Å². The fourth-order valence-corrected chi connectivity index (χ4v) is 2.18. The third-order valence-electron chi connectivity index (χ3n) is 2.93. The topological polar surface area (TPSA) is 96.2 Å². The van der Waals surface area contributed by atoms with Crippen molar-refractivity contribution in [3.63, 3.8) is 0 Å². The first-order valence-corrected chi connectivity index (χ1v) is 9.18. The zero-order chi connectivity index (χ0) is 20.5. The normalized spacial score (nSPS) is 9.07. The van der Waals surface area contributed by atoms with Crippen LogP contribution in [-0.4, -0.2) is 34.5 Å². The Hall–Kier alpha value is -2.92. The minimum absolute atomic E-state index is 0.0129. The number of carbonyl (C=O) groups is 1. The van der Waals surface area contributed by atoms with Crippen molar-refractivity contribution in [1.82, 2.24) is 0 Å². The Kier molecular flexibility index (Phi) is 12.5. The van der Waals surface area contributed by atoms with Gasteiger partial charge in [-0.3, -0.25) is 0 Å². The Bertz CT molecular complexity index is 712. The van der Waals surface area contributed by atoms with Gasteiger partial charge in [-0.1, -0.05) is 54.6 Å². The Morgan fingerprint density at radius 1 is 0.679 bits per heavy atom. The largest absolute Gasteiger partial charge is 0.478 e. The standard InChI is InChI=1S/C12H11O2P.C7H6O2.C2H6O2/c1-3-7-11(8-4-1)13-15-14-12-9-5-2-6-10-12;8-7(9)6-4-2-1-3-5-6;3-1-2-4/h1-10,15H;1-5H,(H,8,9);3-4H,1-2H2. The Balaban J connectivity index is 0.000000256. The summed E-state index contributed by atoms with van der Waals surface area (Å²) in [5.74, 6) is 0.772. The maximum absolute atomic E-state index is 10.2. The van der Waals surface area contributed by atoms with Crippen molar-refractivity contribution >= 4 is 15.0 Å². The number of benzene rings is 3. The van der Waals surface area contributed by atoms with Crippen LogP contribution >= 0.6 is 9.03 Å². The molecule has 3 rings (SSSR count). The van der Waals surface area contributed by atoms with Gasteiger partial charge in [0.15, 0.2) is 0 Å². The molecule has 0 saturated carbocycles. The second kappa shape index (κ2) is 15.2. The summed E-state index contributed by atoms with van der Waals surface area (Å²) in [5, 5.41) is 23.6. The summed E-state index contributed by atoms with van der Waals surface area (Å²) < 4.78 is 10.8. The van der Waals surface area contributed by atoms with Crippen molar-refractivity contribution in [2.75, 3.05) is 13.2 Å². The van der Waals surface area contributed by atoms with Gasteiger partial charge >= 0.3 is 5.97 Å². The van der Waals surface area contributed by atoms with Crippen LogP contribution in [0.3, 0.4) is 0 Å². The summed E-state index contributed by atoms with van der Waals surface area (Å²) in [4.78, 5) is 10.2. The highest BCUT2D eigenvalue weighted by molar-refractivity contribution is 7.27. The number of carboxylic acid groups (broad SMARTS) is 1. The van der Waals surface area contributed by atoms with E-state index >= 15 is 0 Å².